The number of rotatable bonds is 23. The van der Waals surface area contributed by atoms with Crippen LogP contribution < -0.4 is 11.1 Å². The molecule has 0 rings (SSSR count). The van der Waals surface area contributed by atoms with Gasteiger partial charge in [0.05, 0.1) is 0 Å². The van der Waals surface area contributed by atoms with Crippen molar-refractivity contribution in [3.05, 3.63) is 0 Å². The second-order valence-corrected chi connectivity index (χ2v) is 11.9. The molecule has 244 valence electrons. The second-order valence-electron chi connectivity index (χ2n) is 11.9. The summed E-state index contributed by atoms with van der Waals surface area (Å²) < 4.78 is 16.3. The van der Waals surface area contributed by atoms with Crippen LogP contribution in [-0.4, -0.2) is 48.9 Å². The first kappa shape index (κ1) is 41.3. The molecule has 2 atom stereocenters. The first-order valence-electron chi connectivity index (χ1n) is 16.6. The van der Waals surface area contributed by atoms with Crippen molar-refractivity contribution in [2.75, 3.05) is 13.1 Å². The molecule has 0 aliphatic rings. The molecule has 0 aromatic heterocycles. The van der Waals surface area contributed by atoms with E-state index in [1.54, 1.807) is 0 Å². The largest absolute Gasteiger partial charge is 0.462 e. The van der Waals surface area contributed by atoms with Gasteiger partial charge in [-0.05, 0) is 78.7 Å². The number of alkyl carbamates (subject to hydrolysis) is 1. The molecular formula is C33H66N2O6. The number of nitrogens with two attached hydrogens (primary N) is 1. The van der Waals surface area contributed by atoms with Gasteiger partial charge in [0.2, 0.25) is 0 Å². The van der Waals surface area contributed by atoms with Gasteiger partial charge in [-0.2, -0.15) is 0 Å². The number of hydrogen-bond donors (Lipinski definition) is 2. The maximum atomic E-state index is 12.0. The van der Waals surface area contributed by atoms with Crippen LogP contribution in [0.3, 0.4) is 0 Å². The summed E-state index contributed by atoms with van der Waals surface area (Å²) >= 11 is 0. The Morgan fingerprint density at radius 2 is 1.05 bits per heavy atom. The summed E-state index contributed by atoms with van der Waals surface area (Å²) in [6.45, 7) is 15.1. The van der Waals surface area contributed by atoms with Gasteiger partial charge in [0.15, 0.2) is 0 Å². The third-order valence-corrected chi connectivity index (χ3v) is 6.43. The normalized spacial score (nSPS) is 12.5. The number of unbranched alkanes of at least 4 members (excludes halogenated alkanes) is 6. The van der Waals surface area contributed by atoms with Gasteiger partial charge in [-0.1, -0.05) is 79.1 Å². The topological polar surface area (TPSA) is 117 Å². The zero-order valence-electron chi connectivity index (χ0n) is 27.8. The lowest BCUT2D eigenvalue weighted by molar-refractivity contribution is -0.151. The lowest BCUT2D eigenvalue weighted by Gasteiger charge is -2.20. The molecule has 0 radical (unpaired) electrons. The van der Waals surface area contributed by atoms with Crippen molar-refractivity contribution in [1.82, 2.24) is 5.32 Å². The van der Waals surface area contributed by atoms with E-state index >= 15 is 0 Å². The van der Waals surface area contributed by atoms with Gasteiger partial charge in [-0.25, -0.2) is 4.79 Å². The first-order chi connectivity index (χ1) is 19.5. The van der Waals surface area contributed by atoms with E-state index in [1.165, 1.54) is 25.7 Å². The first-order valence-corrected chi connectivity index (χ1v) is 16.6. The molecule has 0 saturated heterocycles. The molecule has 0 heterocycles. The molecular weight excluding hydrogens is 520 g/mol. The molecule has 0 spiro atoms. The Hall–Kier alpha value is -1.83. The van der Waals surface area contributed by atoms with Crippen LogP contribution in [-0.2, 0) is 23.8 Å². The fraction of sp³-hybridized carbons (Fsp3) is 0.909. The molecule has 0 aromatic rings. The average Bonchev–Trinajstić information content (AvgIpc) is 2.91. The summed E-state index contributed by atoms with van der Waals surface area (Å²) in [6, 6.07) is 0. The molecule has 8 heteroatoms. The lowest BCUT2D eigenvalue weighted by atomic mass is 10.1. The van der Waals surface area contributed by atoms with Crippen molar-refractivity contribution in [1.29, 1.82) is 0 Å². The molecule has 0 aliphatic carbocycles. The predicted molar refractivity (Wildman–Crippen MR) is 169 cm³/mol. The van der Waals surface area contributed by atoms with Crippen molar-refractivity contribution in [3.63, 3.8) is 0 Å². The van der Waals surface area contributed by atoms with Gasteiger partial charge >= 0.3 is 18.0 Å². The third-order valence-electron chi connectivity index (χ3n) is 6.43. The molecule has 2 unspecified atom stereocenters. The van der Waals surface area contributed by atoms with E-state index in [2.05, 4.69) is 33.0 Å². The van der Waals surface area contributed by atoms with Crippen LogP contribution in [0.1, 0.15) is 164 Å². The highest BCUT2D eigenvalue weighted by atomic mass is 16.6. The molecule has 0 fully saturated rings. The number of ether oxygens (including phenoxy) is 3. The van der Waals surface area contributed by atoms with Crippen LogP contribution in [0.4, 0.5) is 4.79 Å². The highest BCUT2D eigenvalue weighted by molar-refractivity contribution is 5.70. The van der Waals surface area contributed by atoms with E-state index in [4.69, 9.17) is 19.9 Å². The highest BCUT2D eigenvalue weighted by Gasteiger charge is 2.17. The molecule has 3 N–H and O–H groups in total. The van der Waals surface area contributed by atoms with E-state index in [0.717, 1.165) is 70.6 Å². The van der Waals surface area contributed by atoms with Crippen molar-refractivity contribution in [2.45, 2.75) is 182 Å². The Bertz CT molecular complexity index is 636. The quantitative estimate of drug-likeness (QED) is 0.0701. The SMILES string of the molecule is CCCCCC(CCCC)OC(=O)CCCN.CCCCCC(CCCC)OC(=O)CCCNC(=O)OC(C)(C)C. The van der Waals surface area contributed by atoms with Gasteiger partial charge in [0.1, 0.15) is 17.8 Å². The van der Waals surface area contributed by atoms with E-state index in [9.17, 15) is 14.4 Å². The summed E-state index contributed by atoms with van der Waals surface area (Å²) in [5.74, 6) is -0.244. The van der Waals surface area contributed by atoms with Gasteiger partial charge in [0, 0.05) is 19.4 Å². The Balaban J connectivity index is 0. The summed E-state index contributed by atoms with van der Waals surface area (Å²) in [4.78, 5) is 35.0. The summed E-state index contributed by atoms with van der Waals surface area (Å²) in [5.41, 5.74) is 4.87. The monoisotopic (exact) mass is 586 g/mol. The molecule has 0 bridgehead atoms. The number of esters is 2. The minimum Gasteiger partial charge on any atom is -0.462 e. The number of carbonyl (C=O) groups excluding carboxylic acids is 3. The molecule has 8 nitrogen and oxygen atoms in total. The standard InChI is InChI=1S/C19H37NO4.C14H29NO2/c1-6-8-10-13-16(12-9-7-2)23-17(21)14-11-15-20-18(22)24-19(3,4)5;1-3-5-7-10-13(9-6-4-2)17-14(16)11-8-12-15/h16H,6-15H2,1-5H3,(H,20,22);13H,3-12,15H2,1-2H3. The van der Waals surface area contributed by atoms with Crippen LogP contribution in [0.25, 0.3) is 0 Å². The van der Waals surface area contributed by atoms with E-state index in [1.807, 2.05) is 20.8 Å². The lowest BCUT2D eigenvalue weighted by Crippen LogP contribution is -2.33. The number of hydrogen-bond acceptors (Lipinski definition) is 7. The smallest absolute Gasteiger partial charge is 0.407 e. The highest BCUT2D eigenvalue weighted by Crippen LogP contribution is 2.16. The molecule has 0 aliphatic heterocycles. The van der Waals surface area contributed by atoms with Crippen LogP contribution in [0.2, 0.25) is 0 Å². The van der Waals surface area contributed by atoms with Crippen molar-refractivity contribution in [3.8, 4) is 0 Å². The minimum absolute atomic E-state index is 0.0443. The Morgan fingerprint density at radius 3 is 1.44 bits per heavy atom. The van der Waals surface area contributed by atoms with Crippen molar-refractivity contribution < 1.29 is 28.6 Å². The second kappa shape index (κ2) is 28.3. The average molecular weight is 587 g/mol. The summed E-state index contributed by atoms with van der Waals surface area (Å²) in [5, 5.41) is 2.66. The third kappa shape index (κ3) is 30.9. The van der Waals surface area contributed by atoms with Crippen LogP contribution >= 0.6 is 0 Å². The van der Waals surface area contributed by atoms with Crippen molar-refractivity contribution >= 4 is 18.0 Å². The summed E-state index contributed by atoms with van der Waals surface area (Å²) in [6.07, 6.45) is 17.3. The van der Waals surface area contributed by atoms with Gasteiger partial charge in [-0.15, -0.1) is 0 Å². The van der Waals surface area contributed by atoms with Crippen LogP contribution in [0.5, 0.6) is 0 Å². The van der Waals surface area contributed by atoms with Crippen LogP contribution in [0.15, 0.2) is 0 Å². The predicted octanol–water partition coefficient (Wildman–Crippen LogP) is 8.38. The molecule has 0 saturated carbocycles. The van der Waals surface area contributed by atoms with E-state index in [-0.39, 0.29) is 24.1 Å². The summed E-state index contributed by atoms with van der Waals surface area (Å²) in [7, 11) is 0. The number of carbonyl (C=O) groups is 3. The number of amides is 1. The van der Waals surface area contributed by atoms with Crippen molar-refractivity contribution in [2.24, 2.45) is 5.73 Å². The maximum absolute atomic E-state index is 12.0. The Labute approximate surface area is 252 Å². The molecule has 0 aromatic carbocycles. The van der Waals surface area contributed by atoms with E-state index < -0.39 is 11.7 Å². The van der Waals surface area contributed by atoms with Gasteiger partial charge in [-0.3, -0.25) is 9.59 Å². The Kier molecular flexibility index (Phi) is 28.5. The molecule has 1 amide bonds. The van der Waals surface area contributed by atoms with Gasteiger partial charge in [0.25, 0.3) is 0 Å². The fourth-order valence-corrected chi connectivity index (χ4v) is 4.11. The molecule has 41 heavy (non-hydrogen) atoms. The van der Waals surface area contributed by atoms with E-state index in [0.29, 0.717) is 32.4 Å². The number of nitrogens with one attached hydrogen (secondary N) is 1. The minimum atomic E-state index is -0.506. The Morgan fingerprint density at radius 1 is 0.634 bits per heavy atom. The van der Waals surface area contributed by atoms with Gasteiger partial charge < -0.3 is 25.3 Å². The zero-order valence-corrected chi connectivity index (χ0v) is 27.8. The maximum Gasteiger partial charge on any atom is 0.407 e. The van der Waals surface area contributed by atoms with Crippen LogP contribution in [0, 0.1) is 0 Å². The zero-order chi connectivity index (χ0) is 31.4. The fourth-order valence-electron chi connectivity index (χ4n) is 4.11.